The SMILES string of the molecule is O=c1c(Cl)cc(C(F)(F)F)cn1Cc1cc(=O)n2cc(Br)ccc2n1. The van der Waals surface area contributed by atoms with E-state index < -0.39 is 27.9 Å². The van der Waals surface area contributed by atoms with Crippen LogP contribution < -0.4 is 11.1 Å². The van der Waals surface area contributed by atoms with Crippen molar-refractivity contribution in [2.45, 2.75) is 12.7 Å². The molecule has 0 aliphatic rings. The predicted octanol–water partition coefficient (Wildman–Crippen LogP) is 3.34. The van der Waals surface area contributed by atoms with Gasteiger partial charge in [-0.15, -0.1) is 0 Å². The van der Waals surface area contributed by atoms with E-state index >= 15 is 0 Å². The average Bonchev–Trinajstić information content (AvgIpc) is 2.51. The first kappa shape index (κ1) is 17.7. The van der Waals surface area contributed by atoms with Crippen LogP contribution in [0.25, 0.3) is 5.65 Å². The van der Waals surface area contributed by atoms with Crippen molar-refractivity contribution in [1.82, 2.24) is 14.0 Å². The summed E-state index contributed by atoms with van der Waals surface area (Å²) in [4.78, 5) is 28.3. The van der Waals surface area contributed by atoms with Gasteiger partial charge < -0.3 is 4.57 Å². The standard InChI is InChI=1S/C15H8BrClF3N3O2/c16-9-1-2-12-21-10(4-13(24)23(12)6-9)7-22-5-8(15(18,19)20)3-11(17)14(22)25/h1-6H,7H2. The highest BCUT2D eigenvalue weighted by Gasteiger charge is 2.32. The number of rotatable bonds is 2. The molecule has 0 amide bonds. The maximum Gasteiger partial charge on any atom is 0.417 e. The van der Waals surface area contributed by atoms with Gasteiger partial charge in [0.25, 0.3) is 11.1 Å². The molecule has 0 saturated heterocycles. The summed E-state index contributed by atoms with van der Waals surface area (Å²) in [7, 11) is 0. The Kier molecular flexibility index (Phi) is 4.46. The Bertz CT molecular complexity index is 1090. The molecule has 0 atom stereocenters. The summed E-state index contributed by atoms with van der Waals surface area (Å²) >= 11 is 8.84. The van der Waals surface area contributed by atoms with Gasteiger partial charge in [-0.25, -0.2) is 4.98 Å². The Labute approximate surface area is 151 Å². The van der Waals surface area contributed by atoms with Gasteiger partial charge in [-0.3, -0.25) is 14.0 Å². The Balaban J connectivity index is 2.10. The second kappa shape index (κ2) is 6.30. The normalized spacial score (nSPS) is 11.9. The molecule has 0 fully saturated rings. The van der Waals surface area contributed by atoms with Crippen LogP contribution in [0.4, 0.5) is 13.2 Å². The molecular weight excluding hydrogens is 427 g/mol. The second-order valence-corrected chi connectivity index (χ2v) is 6.49. The molecule has 0 saturated carbocycles. The van der Waals surface area contributed by atoms with E-state index in [4.69, 9.17) is 11.6 Å². The molecular formula is C15H8BrClF3N3O2. The van der Waals surface area contributed by atoms with Crippen molar-refractivity contribution in [2.24, 2.45) is 0 Å². The molecule has 25 heavy (non-hydrogen) atoms. The maximum absolute atomic E-state index is 12.9. The van der Waals surface area contributed by atoms with Crippen molar-refractivity contribution in [3.8, 4) is 0 Å². The van der Waals surface area contributed by atoms with Crippen LogP contribution in [0.2, 0.25) is 5.02 Å². The lowest BCUT2D eigenvalue weighted by atomic mass is 10.2. The molecule has 3 aromatic heterocycles. The van der Waals surface area contributed by atoms with E-state index in [1.165, 1.54) is 10.6 Å². The number of pyridine rings is 2. The van der Waals surface area contributed by atoms with Crippen molar-refractivity contribution in [1.29, 1.82) is 0 Å². The fraction of sp³-hybridized carbons (Fsp3) is 0.133. The summed E-state index contributed by atoms with van der Waals surface area (Å²) in [6, 6.07) is 4.95. The number of hydrogen-bond donors (Lipinski definition) is 0. The molecule has 0 aromatic carbocycles. The van der Waals surface area contributed by atoms with Gasteiger partial charge in [0, 0.05) is 22.9 Å². The van der Waals surface area contributed by atoms with Gasteiger partial charge in [-0.2, -0.15) is 13.2 Å². The molecule has 3 heterocycles. The third-order valence-electron chi connectivity index (χ3n) is 3.38. The second-order valence-electron chi connectivity index (χ2n) is 5.17. The number of fused-ring (bicyclic) bond motifs is 1. The zero-order chi connectivity index (χ0) is 18.4. The van der Waals surface area contributed by atoms with E-state index in [2.05, 4.69) is 20.9 Å². The van der Waals surface area contributed by atoms with E-state index in [9.17, 15) is 22.8 Å². The van der Waals surface area contributed by atoms with Crippen molar-refractivity contribution >= 4 is 33.2 Å². The minimum absolute atomic E-state index is 0.143. The fourth-order valence-electron chi connectivity index (χ4n) is 2.25. The summed E-state index contributed by atoms with van der Waals surface area (Å²) in [6.45, 7) is -0.315. The van der Waals surface area contributed by atoms with Gasteiger partial charge in [0.05, 0.1) is 17.8 Å². The van der Waals surface area contributed by atoms with Crippen LogP contribution >= 0.6 is 27.5 Å². The lowest BCUT2D eigenvalue weighted by Crippen LogP contribution is -2.25. The summed E-state index contributed by atoms with van der Waals surface area (Å²) in [5, 5.41) is -0.559. The fourth-order valence-corrected chi connectivity index (χ4v) is 2.82. The van der Waals surface area contributed by atoms with Gasteiger partial charge in [0.2, 0.25) is 0 Å². The summed E-state index contributed by atoms with van der Waals surface area (Å²) < 4.78 is 41.4. The lowest BCUT2D eigenvalue weighted by molar-refractivity contribution is -0.138. The predicted molar refractivity (Wildman–Crippen MR) is 89.0 cm³/mol. The van der Waals surface area contributed by atoms with E-state index in [0.29, 0.717) is 22.4 Å². The van der Waals surface area contributed by atoms with Crippen LogP contribution in [-0.2, 0) is 12.7 Å². The first-order valence-corrected chi connectivity index (χ1v) is 7.97. The van der Waals surface area contributed by atoms with Gasteiger partial charge in [-0.05, 0) is 34.1 Å². The van der Waals surface area contributed by atoms with Gasteiger partial charge in [-0.1, -0.05) is 11.6 Å². The molecule has 0 unspecified atom stereocenters. The molecule has 3 aromatic rings. The number of aromatic nitrogens is 3. The molecule has 0 aliphatic heterocycles. The van der Waals surface area contributed by atoms with E-state index in [1.54, 1.807) is 12.1 Å². The van der Waals surface area contributed by atoms with Crippen LogP contribution in [-0.4, -0.2) is 14.0 Å². The van der Waals surface area contributed by atoms with Crippen LogP contribution in [0.15, 0.2) is 50.7 Å². The first-order valence-electron chi connectivity index (χ1n) is 6.80. The number of alkyl halides is 3. The van der Waals surface area contributed by atoms with Crippen molar-refractivity contribution in [2.75, 3.05) is 0 Å². The molecule has 0 spiro atoms. The lowest BCUT2D eigenvalue weighted by Gasteiger charge is -2.12. The molecule has 5 nitrogen and oxygen atoms in total. The zero-order valence-corrected chi connectivity index (χ0v) is 14.6. The van der Waals surface area contributed by atoms with Gasteiger partial charge >= 0.3 is 6.18 Å². The molecule has 10 heteroatoms. The minimum atomic E-state index is -4.65. The molecule has 0 bridgehead atoms. The third kappa shape index (κ3) is 3.62. The highest BCUT2D eigenvalue weighted by atomic mass is 79.9. The summed E-state index contributed by atoms with van der Waals surface area (Å²) in [5.74, 6) is 0. The monoisotopic (exact) mass is 433 g/mol. The van der Waals surface area contributed by atoms with Crippen LogP contribution in [0, 0.1) is 0 Å². The van der Waals surface area contributed by atoms with Crippen molar-refractivity contribution < 1.29 is 13.2 Å². The summed E-state index contributed by atoms with van der Waals surface area (Å²) in [6.07, 6.45) is -2.48. The molecule has 0 radical (unpaired) electrons. The number of halogens is 5. The van der Waals surface area contributed by atoms with Crippen LogP contribution in [0.5, 0.6) is 0 Å². The molecule has 0 N–H and O–H groups in total. The highest BCUT2D eigenvalue weighted by Crippen LogP contribution is 2.29. The van der Waals surface area contributed by atoms with E-state index in [-0.39, 0.29) is 12.2 Å². The van der Waals surface area contributed by atoms with E-state index in [1.807, 2.05) is 0 Å². The van der Waals surface area contributed by atoms with Crippen molar-refractivity contribution in [3.05, 3.63) is 78.1 Å². The largest absolute Gasteiger partial charge is 0.417 e. The Hall–Kier alpha value is -2.13. The quantitative estimate of drug-likeness (QED) is 0.622. The Morgan fingerprint density at radius 1 is 1.16 bits per heavy atom. The zero-order valence-electron chi connectivity index (χ0n) is 12.2. The number of hydrogen-bond acceptors (Lipinski definition) is 3. The van der Waals surface area contributed by atoms with Crippen LogP contribution in [0.3, 0.4) is 0 Å². The van der Waals surface area contributed by atoms with Gasteiger partial charge in [0.15, 0.2) is 0 Å². The highest BCUT2D eigenvalue weighted by molar-refractivity contribution is 9.10. The molecule has 130 valence electrons. The Morgan fingerprint density at radius 2 is 1.88 bits per heavy atom. The average molecular weight is 435 g/mol. The van der Waals surface area contributed by atoms with Crippen LogP contribution in [0.1, 0.15) is 11.3 Å². The minimum Gasteiger partial charge on any atom is -0.308 e. The van der Waals surface area contributed by atoms with Gasteiger partial charge in [0.1, 0.15) is 10.7 Å². The summed E-state index contributed by atoms with van der Waals surface area (Å²) in [5.41, 5.74) is -1.83. The van der Waals surface area contributed by atoms with Crippen molar-refractivity contribution in [3.63, 3.8) is 0 Å². The number of nitrogens with zero attached hydrogens (tertiary/aromatic N) is 3. The molecule has 3 rings (SSSR count). The molecule has 0 aliphatic carbocycles. The Morgan fingerprint density at radius 3 is 2.56 bits per heavy atom. The topological polar surface area (TPSA) is 56.4 Å². The first-order chi connectivity index (χ1) is 11.6. The third-order valence-corrected chi connectivity index (χ3v) is 4.12. The smallest absolute Gasteiger partial charge is 0.308 e. The van der Waals surface area contributed by atoms with E-state index in [0.717, 1.165) is 10.6 Å². The maximum atomic E-state index is 12.9.